The van der Waals surface area contributed by atoms with E-state index in [-0.39, 0.29) is 26.6 Å². The first-order valence-corrected chi connectivity index (χ1v) is 8.61. The number of hydrogen-bond acceptors (Lipinski definition) is 5. The predicted molar refractivity (Wildman–Crippen MR) is 106 cm³/mol. The van der Waals surface area contributed by atoms with Crippen LogP contribution in [0.15, 0.2) is 47.3 Å². The van der Waals surface area contributed by atoms with E-state index in [1.807, 2.05) is 6.07 Å². The van der Waals surface area contributed by atoms with Crippen LogP contribution < -0.4 is 11.0 Å². The van der Waals surface area contributed by atoms with E-state index < -0.39 is 0 Å². The second kappa shape index (κ2) is 6.28. The summed E-state index contributed by atoms with van der Waals surface area (Å²) >= 11 is 17.3. The number of aromatic hydroxyl groups is 1. The van der Waals surface area contributed by atoms with Crippen LogP contribution in [0.3, 0.4) is 0 Å². The van der Waals surface area contributed by atoms with Gasteiger partial charge in [0.1, 0.15) is 11.3 Å². The van der Waals surface area contributed by atoms with Gasteiger partial charge in [0.2, 0.25) is 0 Å². The van der Waals surface area contributed by atoms with Crippen molar-refractivity contribution in [2.24, 2.45) is 0 Å². The molecule has 2 aromatic heterocycles. The molecular weight excluding hydrogens is 395 g/mol. The molecule has 9 heteroatoms. The van der Waals surface area contributed by atoms with Gasteiger partial charge >= 0.3 is 0 Å². The summed E-state index contributed by atoms with van der Waals surface area (Å²) in [6.45, 7) is 0. The minimum Gasteiger partial charge on any atom is -0.504 e. The second-order valence-corrected chi connectivity index (χ2v) is 6.71. The molecule has 2 aromatic carbocycles. The molecule has 0 radical (unpaired) electrons. The molecule has 2 heterocycles. The van der Waals surface area contributed by atoms with Crippen molar-refractivity contribution in [3.8, 4) is 5.75 Å². The van der Waals surface area contributed by atoms with Gasteiger partial charge in [-0.15, -0.1) is 0 Å². The summed E-state index contributed by atoms with van der Waals surface area (Å²) in [6.07, 6.45) is 0. The molecule has 0 aliphatic carbocycles. The fourth-order valence-electron chi connectivity index (χ4n) is 2.64. The molecule has 3 N–H and O–H groups in total. The highest BCUT2D eigenvalue weighted by Gasteiger charge is 2.12. The van der Waals surface area contributed by atoms with E-state index in [9.17, 15) is 9.90 Å². The third-order valence-corrected chi connectivity index (χ3v) is 4.77. The summed E-state index contributed by atoms with van der Waals surface area (Å²) in [4.78, 5) is 20.0. The summed E-state index contributed by atoms with van der Waals surface area (Å²) < 4.78 is 1.36. The molecule has 4 aromatic rings. The predicted octanol–water partition coefficient (Wildman–Crippen LogP) is 4.49. The number of aromatic amines is 1. The smallest absolute Gasteiger partial charge is 0.281 e. The number of benzene rings is 2. The van der Waals surface area contributed by atoms with Crippen molar-refractivity contribution >= 4 is 63.0 Å². The Hall–Kier alpha value is -2.61. The van der Waals surface area contributed by atoms with Gasteiger partial charge in [0.25, 0.3) is 5.56 Å². The zero-order valence-corrected chi connectivity index (χ0v) is 15.3. The van der Waals surface area contributed by atoms with Gasteiger partial charge in [0.15, 0.2) is 10.5 Å². The van der Waals surface area contributed by atoms with Crippen molar-refractivity contribution < 1.29 is 5.11 Å². The highest BCUT2D eigenvalue weighted by molar-refractivity contribution is 7.71. The first kappa shape index (κ1) is 16.8. The molecule has 0 aliphatic heterocycles. The van der Waals surface area contributed by atoms with Crippen LogP contribution in [-0.4, -0.2) is 19.8 Å². The van der Waals surface area contributed by atoms with E-state index >= 15 is 0 Å². The van der Waals surface area contributed by atoms with Crippen molar-refractivity contribution in [3.05, 3.63) is 67.6 Å². The Morgan fingerprint density at radius 2 is 1.88 bits per heavy atom. The summed E-state index contributed by atoms with van der Waals surface area (Å²) in [6, 6.07) is 11.8. The van der Waals surface area contributed by atoms with Gasteiger partial charge in [-0.3, -0.25) is 10.2 Å². The van der Waals surface area contributed by atoms with Crippen molar-refractivity contribution in [2.75, 3.05) is 5.43 Å². The monoisotopic (exact) mass is 404 g/mol. The van der Waals surface area contributed by atoms with Crippen molar-refractivity contribution in [2.45, 2.75) is 0 Å². The van der Waals surface area contributed by atoms with Crippen molar-refractivity contribution in [1.82, 2.24) is 14.6 Å². The summed E-state index contributed by atoms with van der Waals surface area (Å²) in [7, 11) is 0. The zero-order valence-electron chi connectivity index (χ0n) is 13.0. The highest BCUT2D eigenvalue weighted by atomic mass is 35.5. The second-order valence-electron chi connectivity index (χ2n) is 5.51. The molecular formula is C17H10Cl2N4O2S. The fourth-order valence-corrected chi connectivity index (χ4v) is 3.40. The molecule has 0 amide bonds. The minimum atomic E-state index is -0.320. The number of hydrogen-bond donors (Lipinski definition) is 3. The highest BCUT2D eigenvalue weighted by Crippen LogP contribution is 2.36. The Morgan fingerprint density at radius 3 is 2.69 bits per heavy atom. The van der Waals surface area contributed by atoms with Crippen LogP contribution in [0, 0.1) is 4.77 Å². The van der Waals surface area contributed by atoms with Gasteiger partial charge in [-0.05, 0) is 42.5 Å². The lowest BCUT2D eigenvalue weighted by molar-refractivity contribution is 0.480. The average molecular weight is 405 g/mol. The average Bonchev–Trinajstić information content (AvgIpc) is 2.63. The molecule has 0 spiro atoms. The first-order chi connectivity index (χ1) is 12.5. The Balaban J connectivity index is 1.88. The van der Waals surface area contributed by atoms with E-state index in [4.69, 9.17) is 35.4 Å². The first-order valence-electron chi connectivity index (χ1n) is 7.44. The SMILES string of the molecule is O=c1c2ccccc2[nH]c(=S)n1Nc1ccc2c(Cl)cc(Cl)c(O)c2n1. The Bertz CT molecular complexity index is 1300. The van der Waals surface area contributed by atoms with Crippen LogP contribution in [0.1, 0.15) is 0 Å². The number of phenols is 1. The van der Waals surface area contributed by atoms with Crippen LogP contribution in [0.2, 0.25) is 10.0 Å². The molecule has 130 valence electrons. The van der Waals surface area contributed by atoms with E-state index in [2.05, 4.69) is 15.4 Å². The fraction of sp³-hybridized carbons (Fsp3) is 0. The maximum absolute atomic E-state index is 12.7. The molecule has 0 aliphatic rings. The maximum atomic E-state index is 12.7. The third kappa shape index (κ3) is 2.70. The lowest BCUT2D eigenvalue weighted by Gasteiger charge is -2.12. The molecule has 4 rings (SSSR count). The van der Waals surface area contributed by atoms with Crippen LogP contribution in [0.4, 0.5) is 5.82 Å². The minimum absolute atomic E-state index is 0.0901. The molecule has 0 saturated carbocycles. The molecule has 26 heavy (non-hydrogen) atoms. The van der Waals surface area contributed by atoms with E-state index in [0.717, 1.165) is 0 Å². The molecule has 0 bridgehead atoms. The number of anilines is 1. The number of aromatic nitrogens is 3. The van der Waals surface area contributed by atoms with E-state index in [1.165, 1.54) is 10.7 Å². The molecule has 0 unspecified atom stereocenters. The molecule has 0 fully saturated rings. The van der Waals surface area contributed by atoms with Crippen LogP contribution in [0.25, 0.3) is 21.8 Å². The number of halogens is 2. The lowest BCUT2D eigenvalue weighted by atomic mass is 10.2. The van der Waals surface area contributed by atoms with E-state index in [1.54, 1.807) is 30.3 Å². The summed E-state index contributed by atoms with van der Waals surface area (Å²) in [5.74, 6) is 0.105. The Morgan fingerprint density at radius 1 is 1.12 bits per heavy atom. The number of phenolic OH excluding ortho intramolecular Hbond substituents is 1. The number of nitrogens with one attached hydrogen (secondary N) is 2. The van der Waals surface area contributed by atoms with Gasteiger partial charge in [-0.25, -0.2) is 4.98 Å². The molecule has 0 saturated heterocycles. The summed E-state index contributed by atoms with van der Waals surface area (Å²) in [5, 5.41) is 11.6. The van der Waals surface area contributed by atoms with Crippen LogP contribution in [-0.2, 0) is 0 Å². The zero-order chi connectivity index (χ0) is 18.4. The van der Waals surface area contributed by atoms with Gasteiger partial charge in [0, 0.05) is 5.39 Å². The van der Waals surface area contributed by atoms with Gasteiger partial charge < -0.3 is 10.1 Å². The lowest BCUT2D eigenvalue weighted by Crippen LogP contribution is -2.28. The summed E-state index contributed by atoms with van der Waals surface area (Å²) in [5.41, 5.74) is 3.39. The van der Waals surface area contributed by atoms with Crippen LogP contribution >= 0.6 is 35.4 Å². The molecule has 0 atom stereocenters. The largest absolute Gasteiger partial charge is 0.504 e. The number of fused-ring (bicyclic) bond motifs is 2. The maximum Gasteiger partial charge on any atom is 0.281 e. The van der Waals surface area contributed by atoms with Gasteiger partial charge in [0.05, 0.1) is 20.9 Å². The number of para-hydroxylation sites is 1. The number of H-pyrrole nitrogens is 1. The van der Waals surface area contributed by atoms with Crippen molar-refractivity contribution in [3.63, 3.8) is 0 Å². The van der Waals surface area contributed by atoms with Crippen molar-refractivity contribution in [1.29, 1.82) is 0 Å². The number of pyridine rings is 1. The Kier molecular flexibility index (Phi) is 4.07. The number of nitrogens with zero attached hydrogens (tertiary/aromatic N) is 2. The standard InChI is InChI=1S/C17H10Cl2N4O2S/c18-10-7-11(19)15(24)14-8(10)5-6-13(21-14)22-23-16(25)9-3-1-2-4-12(9)20-17(23)26/h1-7,24H,(H,20,26)(H,21,22). The van der Waals surface area contributed by atoms with Crippen LogP contribution in [0.5, 0.6) is 5.75 Å². The van der Waals surface area contributed by atoms with E-state index in [0.29, 0.717) is 27.1 Å². The Labute approximate surface area is 161 Å². The quantitative estimate of drug-likeness (QED) is 0.428. The topological polar surface area (TPSA) is 82.9 Å². The normalized spacial score (nSPS) is 11.2. The van der Waals surface area contributed by atoms with Gasteiger partial charge in [-0.2, -0.15) is 4.68 Å². The third-order valence-electron chi connectivity index (χ3n) is 3.89. The van der Waals surface area contributed by atoms with Gasteiger partial charge in [-0.1, -0.05) is 35.3 Å². The number of rotatable bonds is 2. The molecule has 6 nitrogen and oxygen atoms in total.